The van der Waals surface area contributed by atoms with Gasteiger partial charge in [0.1, 0.15) is 17.1 Å². The summed E-state index contributed by atoms with van der Waals surface area (Å²) in [6.07, 6.45) is 0. The van der Waals surface area contributed by atoms with Crippen molar-refractivity contribution in [2.45, 2.75) is 0 Å². The highest BCUT2D eigenvalue weighted by Crippen LogP contribution is 2.36. The molecular weight excluding hydrogens is 646 g/mol. The summed E-state index contributed by atoms with van der Waals surface area (Å²) >= 11 is 4.38. The molecule has 0 saturated heterocycles. The molecule has 0 atom stereocenters. The fourth-order valence-electron chi connectivity index (χ4n) is 3.51. The molecule has 0 bridgehead atoms. The van der Waals surface area contributed by atoms with Crippen molar-refractivity contribution in [3.8, 4) is 33.8 Å². The van der Waals surface area contributed by atoms with E-state index in [-0.39, 0.29) is 16.9 Å². The molecule has 164 valence electrons. The second-order valence-electron chi connectivity index (χ2n) is 7.12. The number of carboxylic acid groups (broad SMARTS) is 2. The van der Waals surface area contributed by atoms with E-state index in [1.165, 1.54) is 6.07 Å². The molecule has 4 rings (SSSR count). The molecule has 0 heterocycles. The van der Waals surface area contributed by atoms with Crippen molar-refractivity contribution in [1.82, 2.24) is 0 Å². The van der Waals surface area contributed by atoms with E-state index >= 15 is 0 Å². The van der Waals surface area contributed by atoms with Crippen LogP contribution in [0, 0.1) is 7.14 Å². The molecule has 0 saturated carbocycles. The van der Waals surface area contributed by atoms with Gasteiger partial charge in [0.05, 0.1) is 5.56 Å². The first kappa shape index (κ1) is 23.2. The molecule has 4 aromatic carbocycles. The Morgan fingerprint density at radius 2 is 1.21 bits per heavy atom. The average Bonchev–Trinajstić information content (AvgIpc) is 2.79. The maximum Gasteiger partial charge on any atom is 0.340 e. The number of benzene rings is 4. The summed E-state index contributed by atoms with van der Waals surface area (Å²) in [5.41, 5.74) is 2.28. The SMILES string of the molecule is O=C(O)c1c(Oc2ccc(-c3cccc(I)c3)cc2)ccc(-c2cccc(I)c2)c1C(=O)O. The van der Waals surface area contributed by atoms with Gasteiger partial charge in [-0.15, -0.1) is 0 Å². The summed E-state index contributed by atoms with van der Waals surface area (Å²) in [7, 11) is 0. The molecule has 7 heteroatoms. The van der Waals surface area contributed by atoms with Crippen molar-refractivity contribution < 1.29 is 24.5 Å². The van der Waals surface area contributed by atoms with Gasteiger partial charge >= 0.3 is 11.9 Å². The summed E-state index contributed by atoms with van der Waals surface area (Å²) in [5, 5.41) is 19.8. The summed E-state index contributed by atoms with van der Waals surface area (Å²) in [6, 6.07) is 25.6. The molecule has 0 amide bonds. The first-order valence-electron chi connectivity index (χ1n) is 9.77. The second-order valence-corrected chi connectivity index (χ2v) is 9.61. The van der Waals surface area contributed by atoms with Crippen molar-refractivity contribution in [2.24, 2.45) is 0 Å². The van der Waals surface area contributed by atoms with Crippen molar-refractivity contribution in [2.75, 3.05) is 0 Å². The van der Waals surface area contributed by atoms with Gasteiger partial charge in [0.15, 0.2) is 0 Å². The molecule has 0 aliphatic rings. The second kappa shape index (κ2) is 9.92. The molecule has 0 aromatic heterocycles. The Morgan fingerprint density at radius 1 is 0.636 bits per heavy atom. The van der Waals surface area contributed by atoms with Gasteiger partial charge in [-0.1, -0.05) is 36.4 Å². The van der Waals surface area contributed by atoms with Gasteiger partial charge < -0.3 is 14.9 Å². The number of hydrogen-bond acceptors (Lipinski definition) is 3. The maximum atomic E-state index is 12.1. The lowest BCUT2D eigenvalue weighted by atomic mass is 9.94. The lowest BCUT2D eigenvalue weighted by molar-refractivity contribution is 0.0649. The van der Waals surface area contributed by atoms with Crippen LogP contribution in [0.3, 0.4) is 0 Å². The number of hydrogen-bond donors (Lipinski definition) is 2. The van der Waals surface area contributed by atoms with Crippen LogP contribution in [0.25, 0.3) is 22.3 Å². The first-order valence-corrected chi connectivity index (χ1v) is 11.9. The minimum absolute atomic E-state index is 0.0312. The number of halogens is 2. The van der Waals surface area contributed by atoms with E-state index in [9.17, 15) is 19.8 Å². The fourth-order valence-corrected chi connectivity index (χ4v) is 4.60. The minimum atomic E-state index is -1.37. The minimum Gasteiger partial charge on any atom is -0.478 e. The zero-order valence-corrected chi connectivity index (χ0v) is 21.3. The van der Waals surface area contributed by atoms with Gasteiger partial charge in [-0.2, -0.15) is 0 Å². The number of aromatic carboxylic acids is 2. The third-order valence-corrected chi connectivity index (χ3v) is 6.31. The van der Waals surface area contributed by atoms with Crippen LogP contribution in [-0.2, 0) is 0 Å². The van der Waals surface area contributed by atoms with Gasteiger partial charge in [-0.05, 0) is 116 Å². The molecule has 33 heavy (non-hydrogen) atoms. The molecule has 0 unspecified atom stereocenters. The Balaban J connectivity index is 1.74. The Bertz CT molecular complexity index is 1360. The number of carboxylic acids is 2. The van der Waals surface area contributed by atoms with Crippen molar-refractivity contribution in [1.29, 1.82) is 0 Å². The Hall–Kier alpha value is -2.92. The predicted octanol–water partition coefficient (Wildman–Crippen LogP) is 7.42. The van der Waals surface area contributed by atoms with Crippen molar-refractivity contribution in [3.05, 3.63) is 103 Å². The van der Waals surface area contributed by atoms with E-state index in [0.717, 1.165) is 18.3 Å². The lowest BCUT2D eigenvalue weighted by Crippen LogP contribution is -2.11. The zero-order chi connectivity index (χ0) is 23.5. The topological polar surface area (TPSA) is 83.8 Å². The molecule has 0 spiro atoms. The number of ether oxygens (including phenoxy) is 1. The van der Waals surface area contributed by atoms with Crippen LogP contribution < -0.4 is 4.74 Å². The largest absolute Gasteiger partial charge is 0.478 e. The molecule has 0 radical (unpaired) electrons. The van der Waals surface area contributed by atoms with E-state index in [2.05, 4.69) is 51.2 Å². The predicted molar refractivity (Wildman–Crippen MR) is 143 cm³/mol. The zero-order valence-electron chi connectivity index (χ0n) is 17.0. The van der Waals surface area contributed by atoms with Crippen LogP contribution >= 0.6 is 45.2 Å². The highest BCUT2D eigenvalue weighted by molar-refractivity contribution is 14.1. The molecule has 2 N–H and O–H groups in total. The Morgan fingerprint density at radius 3 is 1.79 bits per heavy atom. The average molecular weight is 662 g/mol. The molecule has 0 aliphatic heterocycles. The van der Waals surface area contributed by atoms with Crippen LogP contribution in [0.5, 0.6) is 11.5 Å². The van der Waals surface area contributed by atoms with Crippen LogP contribution in [0.1, 0.15) is 20.7 Å². The lowest BCUT2D eigenvalue weighted by Gasteiger charge is -2.15. The van der Waals surface area contributed by atoms with Crippen LogP contribution in [-0.4, -0.2) is 22.2 Å². The quantitative estimate of drug-likeness (QED) is 0.210. The summed E-state index contributed by atoms with van der Waals surface area (Å²) in [6.45, 7) is 0. The standard InChI is InChI=1S/C26H16I2O5/c27-18-5-1-3-16(13-18)15-7-9-20(10-8-15)33-22-12-11-21(17-4-2-6-19(28)14-17)23(25(29)30)24(22)26(31)32/h1-14H,(H,29,30)(H,31,32). The van der Waals surface area contributed by atoms with Crippen LogP contribution in [0.2, 0.25) is 0 Å². The van der Waals surface area contributed by atoms with Crippen LogP contribution in [0.4, 0.5) is 0 Å². The van der Waals surface area contributed by atoms with Gasteiger partial charge in [0, 0.05) is 7.14 Å². The van der Waals surface area contributed by atoms with Crippen molar-refractivity contribution >= 4 is 57.1 Å². The van der Waals surface area contributed by atoms with Gasteiger partial charge in [0.2, 0.25) is 0 Å². The van der Waals surface area contributed by atoms with E-state index in [1.807, 2.05) is 36.4 Å². The van der Waals surface area contributed by atoms with Crippen LogP contribution in [0.15, 0.2) is 84.9 Å². The highest BCUT2D eigenvalue weighted by Gasteiger charge is 2.26. The molecular formula is C26H16I2O5. The summed E-state index contributed by atoms with van der Waals surface area (Å²) < 4.78 is 7.87. The molecule has 5 nitrogen and oxygen atoms in total. The van der Waals surface area contributed by atoms with Gasteiger partial charge in [-0.3, -0.25) is 0 Å². The third-order valence-electron chi connectivity index (χ3n) is 4.97. The van der Waals surface area contributed by atoms with Gasteiger partial charge in [0.25, 0.3) is 0 Å². The van der Waals surface area contributed by atoms with E-state index in [1.54, 1.807) is 36.4 Å². The summed E-state index contributed by atoms with van der Waals surface area (Å²) in [4.78, 5) is 24.2. The smallest absolute Gasteiger partial charge is 0.340 e. The first-order chi connectivity index (χ1) is 15.8. The monoisotopic (exact) mass is 662 g/mol. The summed E-state index contributed by atoms with van der Waals surface area (Å²) in [5.74, 6) is -2.33. The molecule has 0 fully saturated rings. The normalized spacial score (nSPS) is 10.6. The van der Waals surface area contributed by atoms with Gasteiger partial charge in [-0.25, -0.2) is 9.59 Å². The number of rotatable bonds is 6. The number of carbonyl (C=O) groups is 2. The maximum absolute atomic E-state index is 12.1. The Labute approximate surface area is 217 Å². The molecule has 4 aromatic rings. The van der Waals surface area contributed by atoms with Crippen molar-refractivity contribution in [3.63, 3.8) is 0 Å². The van der Waals surface area contributed by atoms with E-state index in [0.29, 0.717) is 16.9 Å². The molecule has 0 aliphatic carbocycles. The highest BCUT2D eigenvalue weighted by atomic mass is 127. The Kier molecular flexibility index (Phi) is 6.99. The van der Waals surface area contributed by atoms with E-state index < -0.39 is 11.9 Å². The van der Waals surface area contributed by atoms with E-state index in [4.69, 9.17) is 4.74 Å². The third kappa shape index (κ3) is 5.19. The fraction of sp³-hybridized carbons (Fsp3) is 0.